The second-order valence-electron chi connectivity index (χ2n) is 6.75. The fourth-order valence-electron chi connectivity index (χ4n) is 3.57. The highest BCUT2D eigenvalue weighted by atomic mass is 79.9. The van der Waals surface area contributed by atoms with Crippen molar-refractivity contribution in [1.29, 1.82) is 5.26 Å². The Morgan fingerprint density at radius 2 is 2.10 bits per heavy atom. The van der Waals surface area contributed by atoms with Crippen molar-refractivity contribution in [2.75, 3.05) is 26.0 Å². The molecule has 1 aromatic rings. The molecule has 2 atom stereocenters. The number of esters is 1. The fourth-order valence-corrected chi connectivity index (χ4v) is 4.94. The highest BCUT2D eigenvalue weighted by Crippen LogP contribution is 2.40. The molecule has 7 nitrogen and oxygen atoms in total. The quantitative estimate of drug-likeness (QED) is 0.516. The second kappa shape index (κ2) is 9.46. The molecule has 2 amide bonds. The predicted molar refractivity (Wildman–Crippen MR) is 111 cm³/mol. The number of allylic oxidation sites excluding steroid dienone is 1. The van der Waals surface area contributed by atoms with Crippen LogP contribution in [-0.2, 0) is 19.1 Å². The number of carbonyl (C=O) groups excluding carboxylic acids is 3. The molecule has 2 aliphatic rings. The van der Waals surface area contributed by atoms with E-state index in [2.05, 4.69) is 27.3 Å². The Bertz CT molecular complexity index is 905. The lowest BCUT2D eigenvalue weighted by molar-refractivity contribution is -0.150. The number of nitrogens with zero attached hydrogens (tertiary/aromatic N) is 2. The number of methoxy groups -OCH3 is 1. The summed E-state index contributed by atoms with van der Waals surface area (Å²) in [7, 11) is 1.21. The number of carbonyl (C=O) groups is 3. The van der Waals surface area contributed by atoms with Gasteiger partial charge in [-0.15, -0.1) is 0 Å². The molecule has 0 unspecified atom stereocenters. The van der Waals surface area contributed by atoms with Crippen molar-refractivity contribution in [2.24, 2.45) is 5.92 Å². The van der Waals surface area contributed by atoms with Crippen LogP contribution in [0, 0.1) is 17.2 Å². The zero-order chi connectivity index (χ0) is 21.0. The van der Waals surface area contributed by atoms with Gasteiger partial charge in [0.25, 0.3) is 0 Å². The average Bonchev–Trinajstić information content (AvgIpc) is 3.25. The Hall–Kier alpha value is -2.31. The maximum atomic E-state index is 12.8. The summed E-state index contributed by atoms with van der Waals surface area (Å²) in [5.41, 5.74) is 0.891. The summed E-state index contributed by atoms with van der Waals surface area (Å²) in [4.78, 5) is 39.3. The number of likely N-dealkylation sites (tertiary alicyclic amines) is 1. The lowest BCUT2D eigenvalue weighted by Gasteiger charge is -2.31. The monoisotopic (exact) mass is 477 g/mol. The molecule has 0 bridgehead atoms. The van der Waals surface area contributed by atoms with E-state index in [1.165, 1.54) is 7.11 Å². The predicted octanol–water partition coefficient (Wildman–Crippen LogP) is 2.54. The van der Waals surface area contributed by atoms with Gasteiger partial charge in [-0.1, -0.05) is 39.8 Å². The molecular formula is C20H20BrN3O4S. The van der Waals surface area contributed by atoms with E-state index in [0.717, 1.165) is 42.2 Å². The Labute approximate surface area is 181 Å². The Kier molecular flexibility index (Phi) is 6.98. The van der Waals surface area contributed by atoms with E-state index in [1.54, 1.807) is 23.1 Å². The van der Waals surface area contributed by atoms with Crippen molar-refractivity contribution in [3.8, 4) is 6.07 Å². The molecule has 1 aromatic carbocycles. The van der Waals surface area contributed by atoms with Crippen molar-refractivity contribution in [2.45, 2.75) is 18.8 Å². The number of rotatable bonds is 5. The maximum Gasteiger partial charge on any atom is 0.319 e. The van der Waals surface area contributed by atoms with E-state index in [1.807, 2.05) is 6.07 Å². The van der Waals surface area contributed by atoms with Crippen molar-refractivity contribution in [3.63, 3.8) is 0 Å². The number of hydrogen-bond donors (Lipinski definition) is 1. The van der Waals surface area contributed by atoms with Gasteiger partial charge in [-0.05, 0) is 30.5 Å². The van der Waals surface area contributed by atoms with Crippen molar-refractivity contribution in [1.82, 2.24) is 10.2 Å². The first-order chi connectivity index (χ1) is 14.0. The van der Waals surface area contributed by atoms with Crippen LogP contribution in [0.2, 0.25) is 0 Å². The summed E-state index contributed by atoms with van der Waals surface area (Å²) in [6.07, 6.45) is 1.98. The highest BCUT2D eigenvalue weighted by molar-refractivity contribution is 9.10. The first-order valence-electron chi connectivity index (χ1n) is 9.15. The van der Waals surface area contributed by atoms with E-state index in [0.29, 0.717) is 10.6 Å². The van der Waals surface area contributed by atoms with Gasteiger partial charge in [0.2, 0.25) is 11.8 Å². The van der Waals surface area contributed by atoms with Gasteiger partial charge in [0.05, 0.1) is 29.5 Å². The molecule has 3 rings (SSSR count). The number of benzene rings is 1. The normalized spacial score (nSPS) is 21.6. The molecule has 2 heterocycles. The van der Waals surface area contributed by atoms with Crippen LogP contribution in [0.5, 0.6) is 0 Å². The lowest BCUT2D eigenvalue weighted by atomic mass is 9.78. The van der Waals surface area contributed by atoms with Crippen LogP contribution in [0.25, 0.3) is 0 Å². The van der Waals surface area contributed by atoms with Crippen LogP contribution in [0.3, 0.4) is 0 Å². The number of ether oxygens (including phenoxy) is 1. The molecule has 0 spiro atoms. The van der Waals surface area contributed by atoms with Crippen LogP contribution >= 0.6 is 27.7 Å². The minimum absolute atomic E-state index is 0.0272. The molecule has 1 fully saturated rings. The lowest BCUT2D eigenvalue weighted by Crippen LogP contribution is -2.44. The van der Waals surface area contributed by atoms with Crippen LogP contribution in [0.4, 0.5) is 0 Å². The summed E-state index contributed by atoms with van der Waals surface area (Å²) in [6.45, 7) is 1.47. The molecular weight excluding hydrogens is 458 g/mol. The van der Waals surface area contributed by atoms with Crippen molar-refractivity contribution in [3.05, 3.63) is 44.9 Å². The zero-order valence-electron chi connectivity index (χ0n) is 15.8. The third-order valence-corrected chi connectivity index (χ3v) is 6.49. The number of amides is 2. The molecule has 152 valence electrons. The molecule has 0 aromatic heterocycles. The van der Waals surface area contributed by atoms with Crippen LogP contribution < -0.4 is 5.32 Å². The minimum Gasteiger partial charge on any atom is -0.468 e. The Balaban J connectivity index is 1.95. The molecule has 1 N–H and O–H groups in total. The van der Waals surface area contributed by atoms with E-state index in [9.17, 15) is 19.6 Å². The summed E-state index contributed by atoms with van der Waals surface area (Å²) in [5.74, 6) is -3.13. The maximum absolute atomic E-state index is 12.8. The van der Waals surface area contributed by atoms with Gasteiger partial charge >= 0.3 is 5.97 Å². The third-order valence-electron chi connectivity index (χ3n) is 4.99. The van der Waals surface area contributed by atoms with Crippen LogP contribution in [0.15, 0.2) is 39.3 Å². The van der Waals surface area contributed by atoms with Gasteiger partial charge in [-0.2, -0.15) is 5.26 Å². The number of halogens is 1. The molecule has 0 aliphatic carbocycles. The van der Waals surface area contributed by atoms with E-state index < -0.39 is 23.7 Å². The smallest absolute Gasteiger partial charge is 0.319 e. The standard InChI is InChI=1S/C20H20BrN3O4S/c1-28-20(27)17-16(12-5-4-6-13(21)9-12)14(10-22)19(23-18(17)26)29-11-15(25)24-7-2-3-8-24/h4-6,9,16-17H,2-3,7-8,11H2,1H3,(H,23,26)/t16-,17+/m1/s1. The van der Waals surface area contributed by atoms with Gasteiger partial charge in [0, 0.05) is 23.5 Å². The summed E-state index contributed by atoms with van der Waals surface area (Å²) in [5, 5.41) is 12.8. The van der Waals surface area contributed by atoms with Crippen LogP contribution in [-0.4, -0.2) is 48.6 Å². The molecule has 2 aliphatic heterocycles. The topological polar surface area (TPSA) is 99.5 Å². The van der Waals surface area contributed by atoms with Gasteiger partial charge in [0.15, 0.2) is 0 Å². The molecule has 1 saturated heterocycles. The minimum atomic E-state index is -1.18. The molecule has 9 heteroatoms. The second-order valence-corrected chi connectivity index (χ2v) is 8.66. The third kappa shape index (κ3) is 4.65. The fraction of sp³-hybridized carbons (Fsp3) is 0.400. The van der Waals surface area contributed by atoms with Gasteiger partial charge in [0.1, 0.15) is 5.92 Å². The van der Waals surface area contributed by atoms with Gasteiger partial charge in [-0.3, -0.25) is 14.4 Å². The van der Waals surface area contributed by atoms with E-state index >= 15 is 0 Å². The number of hydrogen-bond acceptors (Lipinski definition) is 6. The Morgan fingerprint density at radius 3 is 2.72 bits per heavy atom. The molecule has 0 radical (unpaired) electrons. The summed E-state index contributed by atoms with van der Waals surface area (Å²) >= 11 is 4.51. The van der Waals surface area contributed by atoms with E-state index in [4.69, 9.17) is 4.74 Å². The van der Waals surface area contributed by atoms with Gasteiger partial charge < -0.3 is 15.0 Å². The largest absolute Gasteiger partial charge is 0.468 e. The van der Waals surface area contributed by atoms with E-state index in [-0.39, 0.29) is 17.2 Å². The van der Waals surface area contributed by atoms with Crippen molar-refractivity contribution < 1.29 is 19.1 Å². The summed E-state index contributed by atoms with van der Waals surface area (Å²) in [6, 6.07) is 9.27. The SMILES string of the molecule is COC(=O)[C@@H]1C(=O)NC(SCC(=O)N2CCCC2)=C(C#N)[C@H]1c1cccc(Br)c1. The van der Waals surface area contributed by atoms with Crippen LogP contribution in [0.1, 0.15) is 24.3 Å². The van der Waals surface area contributed by atoms with Crippen molar-refractivity contribution >= 4 is 45.5 Å². The first kappa shape index (κ1) is 21.4. The highest BCUT2D eigenvalue weighted by Gasteiger charge is 2.44. The molecule has 29 heavy (non-hydrogen) atoms. The number of nitriles is 1. The average molecular weight is 478 g/mol. The summed E-state index contributed by atoms with van der Waals surface area (Å²) < 4.78 is 5.59. The zero-order valence-corrected chi connectivity index (χ0v) is 18.2. The molecule has 0 saturated carbocycles. The first-order valence-corrected chi connectivity index (χ1v) is 10.9. The number of thioether (sulfide) groups is 1. The van der Waals surface area contributed by atoms with Gasteiger partial charge in [-0.25, -0.2) is 0 Å². The Morgan fingerprint density at radius 1 is 1.38 bits per heavy atom. The number of nitrogens with one attached hydrogen (secondary N) is 1.